The number of hydrogen-bond donors (Lipinski definition) is 1. The summed E-state index contributed by atoms with van der Waals surface area (Å²) in [5.74, 6) is -1.46. The van der Waals surface area contributed by atoms with Crippen molar-refractivity contribution in [1.82, 2.24) is 14.7 Å². The average molecular weight is 263 g/mol. The van der Waals surface area contributed by atoms with Crippen molar-refractivity contribution >= 4 is 18.0 Å². The molecule has 0 aliphatic carbocycles. The smallest absolute Gasteiger partial charge is 0.308 e. The lowest BCUT2D eigenvalue weighted by atomic mass is 9.99. The summed E-state index contributed by atoms with van der Waals surface area (Å²) in [6.45, 7) is 2.63. The van der Waals surface area contributed by atoms with Crippen molar-refractivity contribution in [2.45, 2.75) is 6.92 Å². The fourth-order valence-electron chi connectivity index (χ4n) is 2.28. The molecule has 2 heterocycles. The molecule has 0 radical (unpaired) electrons. The Morgan fingerprint density at radius 3 is 2.74 bits per heavy atom. The number of carboxylic acids is 1. The lowest BCUT2D eigenvalue weighted by Crippen LogP contribution is -2.28. The highest BCUT2D eigenvalue weighted by Gasteiger charge is 2.36. The van der Waals surface area contributed by atoms with Crippen molar-refractivity contribution in [2.24, 2.45) is 18.9 Å². The van der Waals surface area contributed by atoms with Gasteiger partial charge in [-0.2, -0.15) is 5.10 Å². The van der Waals surface area contributed by atoms with Crippen molar-refractivity contribution in [3.8, 4) is 0 Å². The Kier molecular flexibility index (Phi) is 3.69. The lowest BCUT2D eigenvalue weighted by Gasteiger charge is -2.12. The summed E-state index contributed by atoms with van der Waals surface area (Å²) in [7, 11) is 1.79. The van der Waals surface area contributed by atoms with Gasteiger partial charge in [0, 0.05) is 32.4 Å². The molecule has 1 amide bonds. The number of carbonyl (C=O) groups excluding carboxylic acids is 1. The number of nitrogens with zero attached hydrogens (tertiary/aromatic N) is 3. The van der Waals surface area contributed by atoms with E-state index >= 15 is 0 Å². The molecule has 19 heavy (non-hydrogen) atoms. The highest BCUT2D eigenvalue weighted by Crippen LogP contribution is 2.23. The Bertz CT molecular complexity index is 521. The minimum Gasteiger partial charge on any atom is -0.481 e. The van der Waals surface area contributed by atoms with Gasteiger partial charge in [-0.25, -0.2) is 0 Å². The molecule has 2 rings (SSSR count). The highest BCUT2D eigenvalue weighted by molar-refractivity contribution is 5.92. The topological polar surface area (TPSA) is 75.4 Å². The van der Waals surface area contributed by atoms with Crippen molar-refractivity contribution in [3.05, 3.63) is 24.0 Å². The molecule has 0 aromatic carbocycles. The van der Waals surface area contributed by atoms with E-state index in [0.717, 1.165) is 5.69 Å². The van der Waals surface area contributed by atoms with E-state index in [1.54, 1.807) is 35.0 Å². The quantitative estimate of drug-likeness (QED) is 0.811. The molecular weight excluding hydrogens is 246 g/mol. The van der Waals surface area contributed by atoms with Crippen LogP contribution in [0.4, 0.5) is 0 Å². The molecule has 1 saturated heterocycles. The minimum atomic E-state index is -0.835. The van der Waals surface area contributed by atoms with Gasteiger partial charge in [0.2, 0.25) is 5.91 Å². The molecule has 1 aromatic rings. The van der Waals surface area contributed by atoms with E-state index in [1.165, 1.54) is 6.08 Å². The molecule has 102 valence electrons. The molecule has 6 nitrogen and oxygen atoms in total. The van der Waals surface area contributed by atoms with Crippen molar-refractivity contribution in [3.63, 3.8) is 0 Å². The van der Waals surface area contributed by atoms with Gasteiger partial charge < -0.3 is 10.0 Å². The second kappa shape index (κ2) is 5.26. The maximum Gasteiger partial charge on any atom is 0.308 e. The van der Waals surface area contributed by atoms with Crippen LogP contribution in [-0.4, -0.2) is 44.8 Å². The maximum atomic E-state index is 12.0. The van der Waals surface area contributed by atoms with E-state index in [9.17, 15) is 9.59 Å². The van der Waals surface area contributed by atoms with Crippen LogP contribution in [-0.2, 0) is 16.6 Å². The number of likely N-dealkylation sites (tertiary alicyclic amines) is 1. The number of amides is 1. The summed E-state index contributed by atoms with van der Waals surface area (Å²) in [6, 6.07) is 1.80. The number of aliphatic carboxylic acids is 1. The van der Waals surface area contributed by atoms with Crippen molar-refractivity contribution in [1.29, 1.82) is 0 Å². The Labute approximate surface area is 111 Å². The normalized spacial score (nSPS) is 23.2. The first kappa shape index (κ1) is 13.3. The van der Waals surface area contributed by atoms with Crippen LogP contribution in [0, 0.1) is 11.8 Å². The molecule has 1 fully saturated rings. The van der Waals surface area contributed by atoms with E-state index in [4.69, 9.17) is 5.11 Å². The zero-order valence-electron chi connectivity index (χ0n) is 11.0. The van der Waals surface area contributed by atoms with Crippen molar-refractivity contribution in [2.75, 3.05) is 13.1 Å². The van der Waals surface area contributed by atoms with Gasteiger partial charge in [0.15, 0.2) is 0 Å². The monoisotopic (exact) mass is 263 g/mol. The van der Waals surface area contributed by atoms with Crippen LogP contribution in [0.1, 0.15) is 12.6 Å². The molecule has 1 N–H and O–H groups in total. The summed E-state index contributed by atoms with van der Waals surface area (Å²) in [5, 5.41) is 13.0. The Morgan fingerprint density at radius 2 is 2.21 bits per heavy atom. The van der Waals surface area contributed by atoms with Crippen LogP contribution < -0.4 is 0 Å². The van der Waals surface area contributed by atoms with Gasteiger partial charge >= 0.3 is 5.97 Å². The van der Waals surface area contributed by atoms with Crippen LogP contribution in [0.3, 0.4) is 0 Å². The van der Waals surface area contributed by atoms with Crippen LogP contribution in [0.2, 0.25) is 0 Å². The fourth-order valence-corrected chi connectivity index (χ4v) is 2.28. The number of hydrogen-bond acceptors (Lipinski definition) is 3. The zero-order chi connectivity index (χ0) is 14.0. The summed E-state index contributed by atoms with van der Waals surface area (Å²) in [5.41, 5.74) is 0.829. The van der Waals surface area contributed by atoms with Gasteiger partial charge in [-0.1, -0.05) is 6.92 Å². The van der Waals surface area contributed by atoms with Gasteiger partial charge in [0.05, 0.1) is 11.6 Å². The molecule has 2 atom stereocenters. The third kappa shape index (κ3) is 2.83. The molecule has 0 bridgehead atoms. The molecule has 0 unspecified atom stereocenters. The second-order valence-corrected chi connectivity index (χ2v) is 4.88. The van der Waals surface area contributed by atoms with E-state index in [1.807, 2.05) is 6.92 Å². The summed E-state index contributed by atoms with van der Waals surface area (Å²) in [4.78, 5) is 24.6. The van der Waals surface area contributed by atoms with Crippen molar-refractivity contribution < 1.29 is 14.7 Å². The predicted octanol–water partition coefficient (Wildman–Crippen LogP) is 0.612. The van der Waals surface area contributed by atoms with E-state index in [2.05, 4.69) is 5.10 Å². The number of carbonyl (C=O) groups is 2. The minimum absolute atomic E-state index is 0.00782. The first-order valence-corrected chi connectivity index (χ1v) is 6.17. The molecule has 1 aromatic heterocycles. The average Bonchev–Trinajstić information content (AvgIpc) is 2.92. The van der Waals surface area contributed by atoms with Crippen LogP contribution in [0.15, 0.2) is 18.3 Å². The number of aryl methyl sites for hydroxylation is 1. The van der Waals surface area contributed by atoms with E-state index in [-0.39, 0.29) is 18.4 Å². The van der Waals surface area contributed by atoms with Gasteiger partial charge in [0.1, 0.15) is 0 Å². The molecule has 1 aliphatic rings. The highest BCUT2D eigenvalue weighted by atomic mass is 16.4. The van der Waals surface area contributed by atoms with Crippen LogP contribution in [0.5, 0.6) is 0 Å². The Hall–Kier alpha value is -2.11. The molecule has 0 spiro atoms. The van der Waals surface area contributed by atoms with Gasteiger partial charge in [-0.15, -0.1) is 0 Å². The van der Waals surface area contributed by atoms with Crippen LogP contribution in [0.25, 0.3) is 6.08 Å². The zero-order valence-corrected chi connectivity index (χ0v) is 11.0. The SMILES string of the molecule is C[C@@H]1CN(C(=O)/C=C/c2ccnn2C)C[C@H]1C(=O)O. The third-order valence-corrected chi connectivity index (χ3v) is 3.50. The molecule has 0 saturated carbocycles. The Balaban J connectivity index is 2.00. The second-order valence-electron chi connectivity index (χ2n) is 4.88. The summed E-state index contributed by atoms with van der Waals surface area (Å²) in [6.07, 6.45) is 4.81. The lowest BCUT2D eigenvalue weighted by molar-refractivity contribution is -0.142. The number of carboxylic acid groups (broad SMARTS) is 1. The van der Waals surface area contributed by atoms with Gasteiger partial charge in [-0.05, 0) is 18.1 Å². The summed E-state index contributed by atoms with van der Waals surface area (Å²) < 4.78 is 1.66. The fraction of sp³-hybridized carbons (Fsp3) is 0.462. The van der Waals surface area contributed by atoms with Gasteiger partial charge in [-0.3, -0.25) is 14.3 Å². The predicted molar refractivity (Wildman–Crippen MR) is 69.1 cm³/mol. The Morgan fingerprint density at radius 1 is 1.47 bits per heavy atom. The summed E-state index contributed by atoms with van der Waals surface area (Å²) >= 11 is 0. The van der Waals surface area contributed by atoms with E-state index in [0.29, 0.717) is 6.54 Å². The van der Waals surface area contributed by atoms with Crippen LogP contribution >= 0.6 is 0 Å². The number of aromatic nitrogens is 2. The first-order chi connectivity index (χ1) is 8.99. The first-order valence-electron chi connectivity index (χ1n) is 6.17. The molecular formula is C13H17N3O3. The maximum absolute atomic E-state index is 12.0. The largest absolute Gasteiger partial charge is 0.481 e. The number of rotatable bonds is 3. The van der Waals surface area contributed by atoms with Gasteiger partial charge in [0.25, 0.3) is 0 Å². The van der Waals surface area contributed by atoms with E-state index < -0.39 is 11.9 Å². The third-order valence-electron chi connectivity index (χ3n) is 3.50. The standard InChI is InChI=1S/C13H17N3O3/c1-9-7-16(8-11(9)13(18)19)12(17)4-3-10-5-6-14-15(10)2/h3-6,9,11H,7-8H2,1-2H3,(H,18,19)/b4-3+/t9-,11-/m1/s1. The molecule has 1 aliphatic heterocycles. The molecule has 6 heteroatoms.